The minimum absolute atomic E-state index is 0.229. The van der Waals surface area contributed by atoms with Crippen LogP contribution in [0.15, 0.2) is 24.4 Å². The fourth-order valence-corrected chi connectivity index (χ4v) is 2.66. The Hall–Kier alpha value is -2.63. The predicted octanol–water partition coefficient (Wildman–Crippen LogP) is 3.36. The average Bonchev–Trinajstić information content (AvgIpc) is 2.88. The second-order valence-electron chi connectivity index (χ2n) is 6.22. The Balaban J connectivity index is 2.22. The maximum atomic E-state index is 12.5. The number of carboxylic acids is 1. The van der Waals surface area contributed by atoms with Crippen LogP contribution in [0, 0.1) is 12.8 Å². The molecule has 2 N–H and O–H groups in total. The highest BCUT2D eigenvalue weighted by Crippen LogP contribution is 2.18. The van der Waals surface area contributed by atoms with Crippen molar-refractivity contribution in [2.75, 3.05) is 5.32 Å². The van der Waals surface area contributed by atoms with Crippen molar-refractivity contribution >= 4 is 17.6 Å². The molecule has 2 aromatic rings. The molecule has 1 aromatic carbocycles. The van der Waals surface area contributed by atoms with Crippen LogP contribution in [0.4, 0.5) is 5.69 Å². The summed E-state index contributed by atoms with van der Waals surface area (Å²) in [5, 5.41) is 16.2. The molecule has 0 fully saturated rings. The highest BCUT2D eigenvalue weighted by Gasteiger charge is 2.17. The van der Waals surface area contributed by atoms with E-state index in [-0.39, 0.29) is 11.5 Å². The van der Waals surface area contributed by atoms with Gasteiger partial charge in [0.05, 0.1) is 23.0 Å². The van der Waals surface area contributed by atoms with E-state index in [1.807, 2.05) is 11.6 Å². The van der Waals surface area contributed by atoms with Crippen LogP contribution in [0.2, 0.25) is 0 Å². The van der Waals surface area contributed by atoms with Gasteiger partial charge in [0.25, 0.3) is 5.91 Å². The normalized spacial score (nSPS) is 10.9. The van der Waals surface area contributed by atoms with Crippen LogP contribution in [0.3, 0.4) is 0 Å². The summed E-state index contributed by atoms with van der Waals surface area (Å²) < 4.78 is 1.87. The summed E-state index contributed by atoms with van der Waals surface area (Å²) in [5.74, 6) is -0.768. The van der Waals surface area contributed by atoms with Gasteiger partial charge in [-0.3, -0.25) is 9.48 Å². The first-order valence-corrected chi connectivity index (χ1v) is 8.03. The number of hydrogen-bond donors (Lipinski definition) is 2. The van der Waals surface area contributed by atoms with Gasteiger partial charge >= 0.3 is 5.97 Å². The van der Waals surface area contributed by atoms with Gasteiger partial charge < -0.3 is 10.4 Å². The molecule has 1 heterocycles. The van der Waals surface area contributed by atoms with E-state index in [1.54, 1.807) is 25.3 Å². The second kappa shape index (κ2) is 7.29. The fraction of sp³-hybridized carbons (Fsp3) is 0.389. The Morgan fingerprint density at radius 1 is 1.29 bits per heavy atom. The number of aryl methyl sites for hydroxylation is 1. The molecule has 0 atom stereocenters. The predicted molar refractivity (Wildman–Crippen MR) is 92.5 cm³/mol. The molecule has 24 heavy (non-hydrogen) atoms. The van der Waals surface area contributed by atoms with Gasteiger partial charge in [-0.05, 0) is 43.0 Å². The monoisotopic (exact) mass is 329 g/mol. The van der Waals surface area contributed by atoms with Crippen molar-refractivity contribution in [2.24, 2.45) is 5.92 Å². The molecule has 0 unspecified atom stereocenters. The summed E-state index contributed by atoms with van der Waals surface area (Å²) in [6.07, 6.45) is 2.31. The standard InChI is InChI=1S/C18H23N3O3/c1-5-16-15(9-19-21(16)10-11(2)3)17(22)20-13-6-7-14(18(23)24)12(4)8-13/h6-9,11H,5,10H2,1-4H3,(H,20,22)(H,23,24). The van der Waals surface area contributed by atoms with Crippen molar-refractivity contribution in [3.05, 3.63) is 46.8 Å². The molecular weight excluding hydrogens is 306 g/mol. The van der Waals surface area contributed by atoms with Crippen LogP contribution in [0.5, 0.6) is 0 Å². The minimum Gasteiger partial charge on any atom is -0.478 e. The summed E-state index contributed by atoms with van der Waals surface area (Å²) in [5.41, 5.74) is 2.86. The number of hydrogen-bond acceptors (Lipinski definition) is 3. The summed E-state index contributed by atoms with van der Waals surface area (Å²) in [6.45, 7) is 8.68. The molecular formula is C18H23N3O3. The van der Waals surface area contributed by atoms with Gasteiger partial charge in [0.15, 0.2) is 0 Å². The summed E-state index contributed by atoms with van der Waals surface area (Å²) in [4.78, 5) is 23.6. The number of rotatable bonds is 6. The summed E-state index contributed by atoms with van der Waals surface area (Å²) in [7, 11) is 0. The summed E-state index contributed by atoms with van der Waals surface area (Å²) in [6, 6.07) is 4.75. The first-order valence-electron chi connectivity index (χ1n) is 8.03. The zero-order chi connectivity index (χ0) is 17.9. The lowest BCUT2D eigenvalue weighted by atomic mass is 10.1. The molecule has 6 heteroatoms. The van der Waals surface area contributed by atoms with Gasteiger partial charge in [-0.2, -0.15) is 5.10 Å². The minimum atomic E-state index is -0.978. The third kappa shape index (κ3) is 3.82. The van der Waals surface area contributed by atoms with Crippen molar-refractivity contribution in [3.8, 4) is 0 Å². The number of amides is 1. The summed E-state index contributed by atoms with van der Waals surface area (Å²) >= 11 is 0. The molecule has 0 aliphatic heterocycles. The van der Waals surface area contributed by atoms with E-state index in [1.165, 1.54) is 6.07 Å². The average molecular weight is 329 g/mol. The molecule has 0 aliphatic carbocycles. The van der Waals surface area contributed by atoms with E-state index in [0.717, 1.165) is 12.2 Å². The number of carbonyl (C=O) groups excluding carboxylic acids is 1. The smallest absolute Gasteiger partial charge is 0.335 e. The van der Waals surface area contributed by atoms with Gasteiger partial charge in [0.2, 0.25) is 0 Å². The van der Waals surface area contributed by atoms with E-state index in [4.69, 9.17) is 5.11 Å². The Morgan fingerprint density at radius 3 is 2.54 bits per heavy atom. The third-order valence-electron chi connectivity index (χ3n) is 3.78. The van der Waals surface area contributed by atoms with Crippen molar-refractivity contribution in [3.63, 3.8) is 0 Å². The topological polar surface area (TPSA) is 84.2 Å². The van der Waals surface area contributed by atoms with Crippen LogP contribution in [0.25, 0.3) is 0 Å². The number of aromatic carboxylic acids is 1. The lowest BCUT2D eigenvalue weighted by Gasteiger charge is -2.11. The molecule has 0 saturated heterocycles. The Morgan fingerprint density at radius 2 is 2.00 bits per heavy atom. The van der Waals surface area contributed by atoms with Gasteiger partial charge in [-0.25, -0.2) is 4.79 Å². The Bertz CT molecular complexity index is 763. The zero-order valence-corrected chi connectivity index (χ0v) is 14.5. The second-order valence-corrected chi connectivity index (χ2v) is 6.22. The number of anilines is 1. The molecule has 0 bridgehead atoms. The van der Waals surface area contributed by atoms with Crippen LogP contribution in [0.1, 0.15) is 52.7 Å². The van der Waals surface area contributed by atoms with Crippen LogP contribution in [-0.4, -0.2) is 26.8 Å². The molecule has 6 nitrogen and oxygen atoms in total. The first kappa shape index (κ1) is 17.7. The highest BCUT2D eigenvalue weighted by atomic mass is 16.4. The molecule has 128 valence electrons. The number of carboxylic acid groups (broad SMARTS) is 1. The number of nitrogens with one attached hydrogen (secondary N) is 1. The SMILES string of the molecule is CCc1c(C(=O)Nc2ccc(C(=O)O)c(C)c2)cnn1CC(C)C. The quantitative estimate of drug-likeness (QED) is 0.851. The lowest BCUT2D eigenvalue weighted by molar-refractivity contribution is 0.0696. The molecule has 2 rings (SSSR count). The maximum absolute atomic E-state index is 12.5. The van der Waals surface area contributed by atoms with Crippen LogP contribution >= 0.6 is 0 Å². The zero-order valence-electron chi connectivity index (χ0n) is 14.5. The molecule has 0 aliphatic rings. The van der Waals surface area contributed by atoms with Gasteiger partial charge in [-0.15, -0.1) is 0 Å². The fourth-order valence-electron chi connectivity index (χ4n) is 2.66. The highest BCUT2D eigenvalue weighted by molar-refractivity contribution is 6.05. The number of benzene rings is 1. The molecule has 1 amide bonds. The van der Waals surface area contributed by atoms with Gasteiger partial charge in [-0.1, -0.05) is 20.8 Å². The number of carbonyl (C=O) groups is 2. The van der Waals surface area contributed by atoms with E-state index < -0.39 is 5.97 Å². The molecule has 0 saturated carbocycles. The van der Waals surface area contributed by atoms with Crippen LogP contribution < -0.4 is 5.32 Å². The number of nitrogens with zero attached hydrogens (tertiary/aromatic N) is 2. The van der Waals surface area contributed by atoms with E-state index in [0.29, 0.717) is 29.2 Å². The van der Waals surface area contributed by atoms with E-state index in [2.05, 4.69) is 24.3 Å². The molecule has 0 radical (unpaired) electrons. The number of aromatic nitrogens is 2. The molecule has 0 spiro atoms. The molecule has 1 aromatic heterocycles. The van der Waals surface area contributed by atoms with Crippen molar-refractivity contribution in [2.45, 2.75) is 40.7 Å². The third-order valence-corrected chi connectivity index (χ3v) is 3.78. The van der Waals surface area contributed by atoms with Crippen LogP contribution in [-0.2, 0) is 13.0 Å². The van der Waals surface area contributed by atoms with Crippen molar-refractivity contribution < 1.29 is 14.7 Å². The van der Waals surface area contributed by atoms with Gasteiger partial charge in [0.1, 0.15) is 0 Å². The Labute approximate surface area is 141 Å². The van der Waals surface area contributed by atoms with E-state index >= 15 is 0 Å². The first-order chi connectivity index (χ1) is 11.3. The van der Waals surface area contributed by atoms with E-state index in [9.17, 15) is 9.59 Å². The van der Waals surface area contributed by atoms with Gasteiger partial charge in [0, 0.05) is 12.2 Å². The van der Waals surface area contributed by atoms with Crippen molar-refractivity contribution in [1.29, 1.82) is 0 Å². The maximum Gasteiger partial charge on any atom is 0.335 e. The lowest BCUT2D eigenvalue weighted by Crippen LogP contribution is -2.16. The largest absolute Gasteiger partial charge is 0.478 e. The Kier molecular flexibility index (Phi) is 5.39. The van der Waals surface area contributed by atoms with Crippen molar-refractivity contribution in [1.82, 2.24) is 9.78 Å².